The quantitative estimate of drug-likeness (QED) is 0.584. The summed E-state index contributed by atoms with van der Waals surface area (Å²) in [4.78, 5) is -1.12. The van der Waals surface area contributed by atoms with E-state index in [0.29, 0.717) is 6.26 Å². The van der Waals surface area contributed by atoms with Gasteiger partial charge < -0.3 is 0 Å². The van der Waals surface area contributed by atoms with Crippen molar-refractivity contribution >= 4 is 9.84 Å². The summed E-state index contributed by atoms with van der Waals surface area (Å²) < 4.78 is 92.4. The maximum atomic E-state index is 14.3. The van der Waals surface area contributed by atoms with Crippen LogP contribution in [-0.2, 0) is 9.84 Å². The van der Waals surface area contributed by atoms with Crippen molar-refractivity contribution in [3.63, 3.8) is 0 Å². The van der Waals surface area contributed by atoms with Crippen molar-refractivity contribution in [2.45, 2.75) is 18.2 Å². The second kappa shape index (κ2) is 7.01. The van der Waals surface area contributed by atoms with E-state index in [4.69, 9.17) is 0 Å². The number of hydrogen-bond donors (Lipinski definition) is 0. The van der Waals surface area contributed by atoms with Crippen LogP contribution in [0, 0.1) is 24.4 Å². The van der Waals surface area contributed by atoms with Crippen LogP contribution in [0.25, 0.3) is 16.9 Å². The van der Waals surface area contributed by atoms with E-state index in [1.54, 1.807) is 0 Å². The van der Waals surface area contributed by atoms with E-state index in [-0.39, 0.29) is 22.5 Å². The Kier molecular flexibility index (Phi) is 5.00. The minimum Gasteiger partial charge on any atom is -0.233 e. The van der Waals surface area contributed by atoms with E-state index in [2.05, 4.69) is 5.10 Å². The van der Waals surface area contributed by atoms with Crippen LogP contribution in [0.4, 0.5) is 22.0 Å². The van der Waals surface area contributed by atoms with Gasteiger partial charge in [0.2, 0.25) is 0 Å². The summed E-state index contributed by atoms with van der Waals surface area (Å²) in [5.41, 5.74) is -0.580. The molecule has 0 saturated heterocycles. The monoisotopic (exact) mass is 416 g/mol. The molecule has 1 heterocycles. The minimum atomic E-state index is -4.18. The molecule has 3 aromatic rings. The Balaban J connectivity index is 2.26. The van der Waals surface area contributed by atoms with E-state index in [9.17, 15) is 30.4 Å². The van der Waals surface area contributed by atoms with Gasteiger partial charge in [0, 0.05) is 11.8 Å². The first-order valence-corrected chi connectivity index (χ1v) is 9.72. The van der Waals surface area contributed by atoms with Crippen LogP contribution in [0.5, 0.6) is 0 Å². The standard InChI is InChI=1S/C18H13F5N2O2S/c1-9-5-11(3-4-12(9)19)25-16(8-15(24-25)18(22)23)10-6-13(20)17(14(21)7-10)28(2,26)27/h3-8,18H,1-2H3. The van der Waals surface area contributed by atoms with E-state index >= 15 is 0 Å². The number of sulfone groups is 1. The molecule has 0 saturated carbocycles. The molecule has 0 N–H and O–H groups in total. The topological polar surface area (TPSA) is 52.0 Å². The number of rotatable bonds is 4. The molecule has 0 fully saturated rings. The van der Waals surface area contributed by atoms with Gasteiger partial charge in [0.05, 0.1) is 11.4 Å². The number of hydrogen-bond acceptors (Lipinski definition) is 3. The van der Waals surface area contributed by atoms with Crippen molar-refractivity contribution < 1.29 is 30.4 Å². The average Bonchev–Trinajstić information content (AvgIpc) is 3.01. The lowest BCUT2D eigenvalue weighted by Crippen LogP contribution is -2.06. The number of nitrogens with zero attached hydrogens (tertiary/aromatic N) is 2. The van der Waals surface area contributed by atoms with E-state index in [0.717, 1.165) is 28.9 Å². The average molecular weight is 416 g/mol. The second-order valence-electron chi connectivity index (χ2n) is 6.14. The van der Waals surface area contributed by atoms with Gasteiger partial charge >= 0.3 is 0 Å². The van der Waals surface area contributed by atoms with Gasteiger partial charge in [-0.1, -0.05) is 0 Å². The Hall–Kier alpha value is -2.75. The lowest BCUT2D eigenvalue weighted by molar-refractivity contribution is 0.145. The van der Waals surface area contributed by atoms with Crippen LogP contribution in [0.2, 0.25) is 0 Å². The summed E-state index contributed by atoms with van der Waals surface area (Å²) in [6.45, 7) is 1.45. The Labute approximate surface area is 157 Å². The molecule has 0 aliphatic carbocycles. The van der Waals surface area contributed by atoms with Gasteiger partial charge in [-0.15, -0.1) is 0 Å². The molecule has 3 rings (SSSR count). The molecule has 0 unspecified atom stereocenters. The van der Waals surface area contributed by atoms with Crippen LogP contribution in [-0.4, -0.2) is 24.5 Å². The molecule has 10 heteroatoms. The molecular weight excluding hydrogens is 403 g/mol. The van der Waals surface area contributed by atoms with E-state index in [1.807, 2.05) is 0 Å². The van der Waals surface area contributed by atoms with Gasteiger partial charge in [-0.2, -0.15) is 5.10 Å². The molecule has 2 aromatic carbocycles. The zero-order chi connectivity index (χ0) is 20.8. The number of aryl methyl sites for hydroxylation is 1. The van der Waals surface area contributed by atoms with Crippen molar-refractivity contribution in [1.29, 1.82) is 0 Å². The molecular formula is C18H13F5N2O2S. The largest absolute Gasteiger partial charge is 0.282 e. The third kappa shape index (κ3) is 3.64. The van der Waals surface area contributed by atoms with Gasteiger partial charge in [-0.3, -0.25) is 0 Å². The van der Waals surface area contributed by atoms with Crippen LogP contribution >= 0.6 is 0 Å². The Morgan fingerprint density at radius 1 is 0.964 bits per heavy atom. The van der Waals surface area contributed by atoms with Crippen LogP contribution in [0.3, 0.4) is 0 Å². The van der Waals surface area contributed by atoms with Crippen molar-refractivity contribution in [3.05, 3.63) is 65.1 Å². The molecule has 0 aliphatic rings. The van der Waals surface area contributed by atoms with Gasteiger partial charge in [0.1, 0.15) is 28.0 Å². The number of benzene rings is 2. The Morgan fingerprint density at radius 3 is 2.07 bits per heavy atom. The molecule has 148 valence electrons. The predicted octanol–water partition coefficient (Wildman–Crippen LogP) is 4.61. The molecule has 0 bridgehead atoms. The van der Waals surface area contributed by atoms with Crippen molar-refractivity contribution in [1.82, 2.24) is 9.78 Å². The number of alkyl halides is 2. The highest BCUT2D eigenvalue weighted by atomic mass is 32.2. The number of aromatic nitrogens is 2. The summed E-state index contributed by atoms with van der Waals surface area (Å²) >= 11 is 0. The highest BCUT2D eigenvalue weighted by Crippen LogP contribution is 2.31. The lowest BCUT2D eigenvalue weighted by Gasteiger charge is -2.11. The first kappa shape index (κ1) is 20.0. The highest BCUT2D eigenvalue weighted by molar-refractivity contribution is 7.90. The summed E-state index contributed by atoms with van der Waals surface area (Å²) in [6, 6.07) is 6.07. The smallest absolute Gasteiger partial charge is 0.233 e. The molecule has 1 aromatic heterocycles. The summed E-state index contributed by atoms with van der Waals surface area (Å²) in [5.74, 6) is -3.25. The maximum Gasteiger partial charge on any atom is 0.282 e. The third-order valence-electron chi connectivity index (χ3n) is 4.00. The van der Waals surface area contributed by atoms with Crippen LogP contribution in [0.1, 0.15) is 17.7 Å². The molecule has 0 aliphatic heterocycles. The highest BCUT2D eigenvalue weighted by Gasteiger charge is 2.24. The Bertz CT molecular complexity index is 1150. The van der Waals surface area contributed by atoms with Crippen LogP contribution < -0.4 is 0 Å². The summed E-state index contributed by atoms with van der Waals surface area (Å²) in [7, 11) is -4.18. The van der Waals surface area contributed by atoms with Crippen molar-refractivity contribution in [2.24, 2.45) is 0 Å². The zero-order valence-corrected chi connectivity index (χ0v) is 15.4. The Morgan fingerprint density at radius 2 is 1.57 bits per heavy atom. The lowest BCUT2D eigenvalue weighted by atomic mass is 10.1. The molecule has 0 amide bonds. The van der Waals surface area contributed by atoms with Crippen molar-refractivity contribution in [3.8, 4) is 16.9 Å². The minimum absolute atomic E-state index is 0.112. The van der Waals surface area contributed by atoms with Gasteiger partial charge in [-0.05, 0) is 48.9 Å². The van der Waals surface area contributed by atoms with Gasteiger partial charge in [0.15, 0.2) is 9.84 Å². The van der Waals surface area contributed by atoms with E-state index in [1.165, 1.54) is 19.1 Å². The first-order chi connectivity index (χ1) is 13.0. The third-order valence-corrected chi connectivity index (χ3v) is 5.13. The van der Waals surface area contributed by atoms with Gasteiger partial charge in [0.25, 0.3) is 6.43 Å². The first-order valence-electron chi connectivity index (χ1n) is 7.83. The fourth-order valence-electron chi connectivity index (χ4n) is 2.73. The van der Waals surface area contributed by atoms with Crippen LogP contribution in [0.15, 0.2) is 41.3 Å². The SMILES string of the molecule is Cc1cc(-n2nc(C(F)F)cc2-c2cc(F)c(S(C)(=O)=O)c(F)c2)ccc1F. The summed E-state index contributed by atoms with van der Waals surface area (Å²) in [5, 5.41) is 3.74. The van der Waals surface area contributed by atoms with E-state index < -0.39 is 44.3 Å². The summed E-state index contributed by atoms with van der Waals surface area (Å²) in [6.07, 6.45) is -2.32. The molecule has 0 radical (unpaired) electrons. The second-order valence-corrected chi connectivity index (χ2v) is 8.09. The molecule has 0 atom stereocenters. The zero-order valence-electron chi connectivity index (χ0n) is 14.6. The predicted molar refractivity (Wildman–Crippen MR) is 91.7 cm³/mol. The fraction of sp³-hybridized carbons (Fsp3) is 0.167. The normalized spacial score (nSPS) is 12.0. The molecule has 4 nitrogen and oxygen atoms in total. The molecule has 0 spiro atoms. The van der Waals surface area contributed by atoms with Crippen molar-refractivity contribution in [2.75, 3.05) is 6.26 Å². The number of halogens is 5. The van der Waals surface area contributed by atoms with Gasteiger partial charge in [-0.25, -0.2) is 35.1 Å². The maximum absolute atomic E-state index is 14.3. The molecule has 28 heavy (non-hydrogen) atoms. The fourth-order valence-corrected chi connectivity index (χ4v) is 3.56.